The number of amidine groups is 1. The summed E-state index contributed by atoms with van der Waals surface area (Å²) in [6, 6.07) is 15.1. The maximum Gasteiger partial charge on any atom is 0.285 e. The Balaban J connectivity index is 1.67. The molecule has 0 unspecified atom stereocenters. The van der Waals surface area contributed by atoms with Crippen LogP contribution in [0.5, 0.6) is 5.75 Å². The van der Waals surface area contributed by atoms with Crippen LogP contribution in [0, 0.1) is 0 Å². The predicted molar refractivity (Wildman–Crippen MR) is 126 cm³/mol. The van der Waals surface area contributed by atoms with E-state index in [1.165, 1.54) is 11.8 Å². The van der Waals surface area contributed by atoms with E-state index >= 15 is 0 Å². The Hall–Kier alpha value is -2.32. The van der Waals surface area contributed by atoms with E-state index in [-0.39, 0.29) is 35.3 Å². The first kappa shape index (κ1) is 21.9. The lowest BCUT2D eigenvalue weighted by Crippen LogP contribution is -2.39. The molecule has 2 aliphatic heterocycles. The Bertz CT molecular complexity index is 1080. The molecule has 0 saturated carbocycles. The molecular formula is C23H26N2O4S2. The predicted octanol–water partition coefficient (Wildman–Crippen LogP) is 3.49. The minimum atomic E-state index is -3.11. The molecule has 8 heteroatoms. The quantitative estimate of drug-likeness (QED) is 0.660. The number of aliphatic imine (C=N–C) groups is 1. The normalized spacial score (nSPS) is 23.2. The van der Waals surface area contributed by atoms with Gasteiger partial charge < -0.3 is 9.64 Å². The smallest absolute Gasteiger partial charge is 0.285 e. The topological polar surface area (TPSA) is 76.0 Å². The van der Waals surface area contributed by atoms with Gasteiger partial charge in [-0.1, -0.05) is 62.0 Å². The van der Waals surface area contributed by atoms with Crippen LogP contribution in [0.4, 0.5) is 5.69 Å². The summed E-state index contributed by atoms with van der Waals surface area (Å²) in [5.41, 5.74) is 3.26. The summed E-state index contributed by atoms with van der Waals surface area (Å²) in [7, 11) is -3.11. The van der Waals surface area contributed by atoms with Crippen LogP contribution in [-0.2, 0) is 27.5 Å². The minimum Gasteiger partial charge on any atom is -0.484 e. The summed E-state index contributed by atoms with van der Waals surface area (Å²) in [4.78, 5) is 19.0. The molecule has 2 aromatic rings. The number of thioether (sulfide) groups is 1. The second-order valence-electron chi connectivity index (χ2n) is 7.69. The van der Waals surface area contributed by atoms with Crippen LogP contribution in [0.15, 0.2) is 53.5 Å². The summed E-state index contributed by atoms with van der Waals surface area (Å²) >= 11 is 1.40. The number of ether oxygens (including phenoxy) is 1. The number of fused-ring (bicyclic) bond motifs is 1. The molecule has 2 aliphatic rings. The number of para-hydroxylation sites is 2. The Morgan fingerprint density at radius 1 is 1.06 bits per heavy atom. The molecule has 164 valence electrons. The number of carbonyl (C=O) groups excluding carboxylic acids is 1. The van der Waals surface area contributed by atoms with Crippen molar-refractivity contribution in [2.75, 3.05) is 23.0 Å². The van der Waals surface area contributed by atoms with Gasteiger partial charge in [0.25, 0.3) is 5.91 Å². The van der Waals surface area contributed by atoms with Gasteiger partial charge in [0.15, 0.2) is 21.6 Å². The molecule has 4 rings (SSSR count). The maximum absolute atomic E-state index is 12.6. The van der Waals surface area contributed by atoms with Gasteiger partial charge >= 0.3 is 0 Å². The highest BCUT2D eigenvalue weighted by Crippen LogP contribution is 2.43. The van der Waals surface area contributed by atoms with E-state index < -0.39 is 9.84 Å². The lowest BCUT2D eigenvalue weighted by molar-refractivity contribution is -0.119. The van der Waals surface area contributed by atoms with Gasteiger partial charge in [-0.15, -0.1) is 0 Å². The third-order valence-corrected chi connectivity index (χ3v) is 8.81. The van der Waals surface area contributed by atoms with Gasteiger partial charge in [-0.3, -0.25) is 4.79 Å². The third-order valence-electron chi connectivity index (χ3n) is 5.60. The molecular weight excluding hydrogens is 432 g/mol. The number of aryl methyl sites for hydroxylation is 2. The van der Waals surface area contributed by atoms with Crippen molar-refractivity contribution in [3.05, 3.63) is 59.7 Å². The minimum absolute atomic E-state index is 0.0829. The fraction of sp³-hybridized carbons (Fsp3) is 0.391. The molecule has 2 fully saturated rings. The molecule has 0 aromatic heterocycles. The van der Waals surface area contributed by atoms with Crippen molar-refractivity contribution in [3.8, 4) is 5.75 Å². The van der Waals surface area contributed by atoms with Gasteiger partial charge in [0.1, 0.15) is 5.75 Å². The van der Waals surface area contributed by atoms with Crippen molar-refractivity contribution in [2.24, 2.45) is 4.99 Å². The van der Waals surface area contributed by atoms with Gasteiger partial charge in [0.2, 0.25) is 0 Å². The summed E-state index contributed by atoms with van der Waals surface area (Å²) in [6.45, 7) is 4.01. The SMILES string of the molecule is CCc1cccc(CC)c1N1C(=NC(=O)COc2ccccc2)S[C@@H]2CS(=O)(=O)C[C@@H]21. The Morgan fingerprint density at radius 2 is 1.74 bits per heavy atom. The Labute approximate surface area is 187 Å². The summed E-state index contributed by atoms with van der Waals surface area (Å²) < 4.78 is 30.3. The van der Waals surface area contributed by atoms with Crippen molar-refractivity contribution in [3.63, 3.8) is 0 Å². The number of carbonyl (C=O) groups is 1. The average Bonchev–Trinajstić information content (AvgIpc) is 3.22. The summed E-state index contributed by atoms with van der Waals surface area (Å²) in [5.74, 6) is 0.424. The second kappa shape index (κ2) is 9.04. The van der Waals surface area contributed by atoms with Gasteiger partial charge in [-0.05, 0) is 36.1 Å². The van der Waals surface area contributed by atoms with Crippen LogP contribution in [0.3, 0.4) is 0 Å². The molecule has 31 heavy (non-hydrogen) atoms. The lowest BCUT2D eigenvalue weighted by Gasteiger charge is -2.29. The van der Waals surface area contributed by atoms with E-state index in [0.717, 1.165) is 29.7 Å². The monoisotopic (exact) mass is 458 g/mol. The maximum atomic E-state index is 12.6. The number of amides is 1. The number of sulfone groups is 1. The number of hydrogen-bond acceptors (Lipinski definition) is 5. The van der Waals surface area contributed by atoms with Gasteiger partial charge in [0.05, 0.1) is 17.5 Å². The number of rotatable bonds is 6. The van der Waals surface area contributed by atoms with Crippen LogP contribution in [0.2, 0.25) is 0 Å². The molecule has 2 saturated heterocycles. The van der Waals surface area contributed by atoms with E-state index in [2.05, 4.69) is 31.0 Å². The zero-order valence-corrected chi connectivity index (χ0v) is 19.3. The molecule has 0 bridgehead atoms. The fourth-order valence-corrected chi connectivity index (χ4v) is 8.07. The largest absolute Gasteiger partial charge is 0.484 e. The van der Waals surface area contributed by atoms with Gasteiger partial charge in [-0.25, -0.2) is 8.42 Å². The highest BCUT2D eigenvalue weighted by molar-refractivity contribution is 8.16. The van der Waals surface area contributed by atoms with E-state index in [0.29, 0.717) is 10.9 Å². The standard InChI is InChI=1S/C23H26N2O4S2/c1-3-16-9-8-10-17(4-2)22(16)25-19-14-31(27,28)15-20(19)30-23(25)24-21(26)13-29-18-11-6-5-7-12-18/h5-12,19-20H,3-4,13-15H2,1-2H3/t19-,20+/m0/s1. The molecule has 0 radical (unpaired) electrons. The lowest BCUT2D eigenvalue weighted by atomic mass is 10.0. The third kappa shape index (κ3) is 4.65. The second-order valence-corrected chi connectivity index (χ2v) is 11.1. The van der Waals surface area contributed by atoms with Crippen molar-refractivity contribution < 1.29 is 17.9 Å². The van der Waals surface area contributed by atoms with Crippen molar-refractivity contribution in [1.29, 1.82) is 0 Å². The van der Waals surface area contributed by atoms with E-state index in [1.807, 2.05) is 29.2 Å². The molecule has 0 aliphatic carbocycles. The van der Waals surface area contributed by atoms with Crippen molar-refractivity contribution >= 4 is 38.4 Å². The molecule has 0 N–H and O–H groups in total. The van der Waals surface area contributed by atoms with Crippen LogP contribution in [-0.4, -0.2) is 48.9 Å². The Morgan fingerprint density at radius 3 is 2.39 bits per heavy atom. The number of benzene rings is 2. The molecule has 2 atom stereocenters. The fourth-order valence-electron chi connectivity index (χ4n) is 4.15. The van der Waals surface area contributed by atoms with E-state index in [4.69, 9.17) is 4.74 Å². The zero-order chi connectivity index (χ0) is 22.0. The van der Waals surface area contributed by atoms with Gasteiger partial charge in [-0.2, -0.15) is 4.99 Å². The summed E-state index contributed by atoms with van der Waals surface area (Å²) in [5, 5.41) is 0.448. The number of nitrogens with zero attached hydrogens (tertiary/aromatic N) is 2. The van der Waals surface area contributed by atoms with Crippen LogP contribution in [0.1, 0.15) is 25.0 Å². The van der Waals surface area contributed by atoms with Crippen LogP contribution >= 0.6 is 11.8 Å². The molecule has 0 spiro atoms. The first-order valence-electron chi connectivity index (χ1n) is 10.5. The van der Waals surface area contributed by atoms with Crippen molar-refractivity contribution in [1.82, 2.24) is 0 Å². The van der Waals surface area contributed by atoms with Crippen LogP contribution < -0.4 is 9.64 Å². The van der Waals surface area contributed by atoms with Crippen molar-refractivity contribution in [2.45, 2.75) is 38.0 Å². The first-order chi connectivity index (χ1) is 14.9. The van der Waals surface area contributed by atoms with Crippen LogP contribution in [0.25, 0.3) is 0 Å². The number of anilines is 1. The molecule has 2 aromatic carbocycles. The van der Waals surface area contributed by atoms with E-state index in [1.54, 1.807) is 12.1 Å². The Kier molecular flexibility index (Phi) is 6.39. The highest BCUT2D eigenvalue weighted by Gasteiger charge is 2.50. The van der Waals surface area contributed by atoms with Gasteiger partial charge in [0, 0.05) is 10.9 Å². The molecule has 6 nitrogen and oxygen atoms in total. The highest BCUT2D eigenvalue weighted by atomic mass is 32.2. The zero-order valence-electron chi connectivity index (χ0n) is 17.7. The van der Waals surface area contributed by atoms with E-state index in [9.17, 15) is 13.2 Å². The first-order valence-corrected chi connectivity index (χ1v) is 13.2. The molecule has 1 amide bonds. The summed E-state index contributed by atoms with van der Waals surface area (Å²) in [6.07, 6.45) is 1.62. The average molecular weight is 459 g/mol. The number of hydrogen-bond donors (Lipinski definition) is 0. The molecule has 2 heterocycles.